The van der Waals surface area contributed by atoms with Gasteiger partial charge in [-0.2, -0.15) is 0 Å². The summed E-state index contributed by atoms with van der Waals surface area (Å²) in [4.78, 5) is 35.7. The van der Waals surface area contributed by atoms with E-state index in [4.69, 9.17) is 9.15 Å². The molecule has 1 amide bonds. The van der Waals surface area contributed by atoms with Gasteiger partial charge in [0.05, 0.1) is 11.9 Å². The van der Waals surface area contributed by atoms with E-state index in [0.717, 1.165) is 25.4 Å². The van der Waals surface area contributed by atoms with Crippen LogP contribution in [-0.2, 0) is 0 Å². The van der Waals surface area contributed by atoms with Crippen molar-refractivity contribution in [1.29, 1.82) is 0 Å². The average Bonchev–Trinajstić information content (AvgIpc) is 3.06. The van der Waals surface area contributed by atoms with Crippen molar-refractivity contribution < 1.29 is 13.9 Å². The van der Waals surface area contributed by atoms with Crippen molar-refractivity contribution in [1.82, 2.24) is 19.8 Å². The second-order valence-electron chi connectivity index (χ2n) is 6.74. The topological polar surface area (TPSA) is 91.7 Å². The molecule has 4 rings (SSSR count). The highest BCUT2D eigenvalue weighted by Crippen LogP contribution is 2.22. The quantitative estimate of drug-likeness (QED) is 0.722. The molecule has 0 aliphatic carbocycles. The first-order chi connectivity index (χ1) is 13.6. The summed E-state index contributed by atoms with van der Waals surface area (Å²) in [6.07, 6.45) is 1.28. The van der Waals surface area contributed by atoms with E-state index < -0.39 is 0 Å². The van der Waals surface area contributed by atoms with Crippen molar-refractivity contribution in [2.45, 2.75) is 6.92 Å². The van der Waals surface area contributed by atoms with Gasteiger partial charge in [-0.1, -0.05) is 18.2 Å². The van der Waals surface area contributed by atoms with Crippen LogP contribution < -0.4 is 10.3 Å². The first kappa shape index (κ1) is 18.2. The van der Waals surface area contributed by atoms with Crippen molar-refractivity contribution >= 4 is 17.0 Å². The van der Waals surface area contributed by atoms with E-state index in [9.17, 15) is 9.59 Å². The van der Waals surface area contributed by atoms with Crippen molar-refractivity contribution in [3.8, 4) is 5.75 Å². The van der Waals surface area contributed by atoms with Crippen LogP contribution in [0.4, 0.5) is 0 Å². The summed E-state index contributed by atoms with van der Waals surface area (Å²) >= 11 is 0. The van der Waals surface area contributed by atoms with Crippen molar-refractivity contribution in [2.75, 3.05) is 39.3 Å². The molecule has 0 saturated carbocycles. The Bertz CT molecular complexity index is 1020. The molecule has 3 heterocycles. The zero-order chi connectivity index (χ0) is 19.5. The minimum atomic E-state index is -0.359. The van der Waals surface area contributed by atoms with Crippen molar-refractivity contribution in [3.05, 3.63) is 58.3 Å². The van der Waals surface area contributed by atoms with E-state index in [2.05, 4.69) is 14.9 Å². The number of nitrogens with zero attached hydrogens (tertiary/aromatic N) is 3. The Hall–Kier alpha value is -3.13. The number of furan rings is 1. The maximum Gasteiger partial charge on any atom is 0.262 e. The van der Waals surface area contributed by atoms with E-state index in [1.54, 1.807) is 11.8 Å². The number of aryl methyl sites for hydroxylation is 1. The fourth-order valence-electron chi connectivity index (χ4n) is 3.45. The molecular formula is C20H22N4O4. The Kier molecular flexibility index (Phi) is 5.12. The molecule has 0 unspecified atom stereocenters. The van der Waals surface area contributed by atoms with Gasteiger partial charge in [-0.3, -0.25) is 14.5 Å². The lowest BCUT2D eigenvalue weighted by Crippen LogP contribution is -2.49. The highest BCUT2D eigenvalue weighted by molar-refractivity contribution is 6.06. The number of ether oxygens (including phenoxy) is 1. The summed E-state index contributed by atoms with van der Waals surface area (Å²) in [7, 11) is 0. The number of hydrogen-bond donors (Lipinski definition) is 1. The molecule has 2 aromatic heterocycles. The molecule has 0 atom stereocenters. The number of piperazine rings is 1. The monoisotopic (exact) mass is 382 g/mol. The second kappa shape index (κ2) is 7.85. The van der Waals surface area contributed by atoms with Crippen LogP contribution in [0.2, 0.25) is 0 Å². The molecule has 28 heavy (non-hydrogen) atoms. The molecule has 1 fully saturated rings. The van der Waals surface area contributed by atoms with Crippen LogP contribution in [0.1, 0.15) is 16.1 Å². The highest BCUT2D eigenvalue weighted by Gasteiger charge is 2.28. The number of fused-ring (bicyclic) bond motifs is 1. The van der Waals surface area contributed by atoms with Gasteiger partial charge in [0.15, 0.2) is 0 Å². The number of para-hydroxylation sites is 1. The lowest BCUT2D eigenvalue weighted by atomic mass is 10.1. The number of amides is 1. The standard InChI is InChI=1S/C20H22N4O4/c1-14-16(17-18(25)21-13-22-19(17)28-14)20(26)24-9-7-23(8-10-24)11-12-27-15-5-3-2-4-6-15/h2-6,13H,7-12H2,1H3,(H,21,22,25). The van der Waals surface area contributed by atoms with Crippen LogP contribution in [0.25, 0.3) is 11.1 Å². The molecule has 8 heteroatoms. The molecule has 3 aromatic rings. The van der Waals surface area contributed by atoms with Crippen molar-refractivity contribution in [2.24, 2.45) is 0 Å². The molecule has 1 aromatic carbocycles. The largest absolute Gasteiger partial charge is 0.492 e. The Morgan fingerprint density at radius 2 is 1.96 bits per heavy atom. The van der Waals surface area contributed by atoms with Gasteiger partial charge in [0.1, 0.15) is 23.5 Å². The average molecular weight is 382 g/mol. The van der Waals surface area contributed by atoms with E-state index in [0.29, 0.717) is 31.0 Å². The molecule has 1 aliphatic rings. The SMILES string of the molecule is Cc1oc2nc[nH]c(=O)c2c1C(=O)N1CCN(CCOc2ccccc2)CC1. The fraction of sp³-hybridized carbons (Fsp3) is 0.350. The smallest absolute Gasteiger partial charge is 0.262 e. The van der Waals surface area contributed by atoms with Crippen LogP contribution >= 0.6 is 0 Å². The molecule has 0 spiro atoms. The van der Waals surface area contributed by atoms with Crippen LogP contribution in [0.3, 0.4) is 0 Å². The molecular weight excluding hydrogens is 360 g/mol. The molecule has 1 N–H and O–H groups in total. The molecule has 0 bridgehead atoms. The van der Waals surface area contributed by atoms with E-state index in [-0.39, 0.29) is 22.6 Å². The Morgan fingerprint density at radius 3 is 2.71 bits per heavy atom. The Morgan fingerprint density at radius 1 is 1.21 bits per heavy atom. The van der Waals surface area contributed by atoms with Gasteiger partial charge in [-0.25, -0.2) is 4.98 Å². The third-order valence-electron chi connectivity index (χ3n) is 4.96. The van der Waals surface area contributed by atoms with Gasteiger partial charge in [-0.15, -0.1) is 0 Å². The van der Waals surface area contributed by atoms with Gasteiger partial charge >= 0.3 is 0 Å². The second-order valence-corrected chi connectivity index (χ2v) is 6.74. The summed E-state index contributed by atoms with van der Waals surface area (Å²) in [5.41, 5.74) is 0.147. The molecule has 1 saturated heterocycles. The first-order valence-corrected chi connectivity index (χ1v) is 9.30. The summed E-state index contributed by atoms with van der Waals surface area (Å²) in [6.45, 7) is 5.79. The van der Waals surface area contributed by atoms with Gasteiger partial charge in [-0.05, 0) is 19.1 Å². The van der Waals surface area contributed by atoms with Crippen LogP contribution in [0.15, 0.2) is 45.9 Å². The number of aromatic nitrogens is 2. The van der Waals surface area contributed by atoms with Gasteiger partial charge in [0.25, 0.3) is 11.5 Å². The van der Waals surface area contributed by atoms with E-state index >= 15 is 0 Å². The molecule has 8 nitrogen and oxygen atoms in total. The first-order valence-electron chi connectivity index (χ1n) is 9.30. The minimum absolute atomic E-state index is 0.185. The lowest BCUT2D eigenvalue weighted by molar-refractivity contribution is 0.0620. The molecule has 146 valence electrons. The fourth-order valence-corrected chi connectivity index (χ4v) is 3.45. The summed E-state index contributed by atoms with van der Waals surface area (Å²) in [6, 6.07) is 9.72. The molecule has 0 radical (unpaired) electrons. The zero-order valence-electron chi connectivity index (χ0n) is 15.7. The number of hydrogen-bond acceptors (Lipinski definition) is 6. The Balaban J connectivity index is 1.36. The zero-order valence-corrected chi connectivity index (χ0v) is 15.7. The highest BCUT2D eigenvalue weighted by atomic mass is 16.5. The van der Waals surface area contributed by atoms with Crippen LogP contribution in [0, 0.1) is 6.92 Å². The normalized spacial score (nSPS) is 15.1. The third kappa shape index (κ3) is 3.63. The van der Waals surface area contributed by atoms with Gasteiger partial charge < -0.3 is 19.0 Å². The Labute approximate surface area is 161 Å². The summed E-state index contributed by atoms with van der Waals surface area (Å²) < 4.78 is 11.2. The summed E-state index contributed by atoms with van der Waals surface area (Å²) in [5, 5.41) is 0.226. The maximum absolute atomic E-state index is 13.0. The number of benzene rings is 1. The predicted octanol–water partition coefficient (Wildman–Crippen LogP) is 1.66. The van der Waals surface area contributed by atoms with Gasteiger partial charge in [0, 0.05) is 32.7 Å². The van der Waals surface area contributed by atoms with Crippen LogP contribution in [0.5, 0.6) is 5.75 Å². The maximum atomic E-state index is 13.0. The van der Waals surface area contributed by atoms with E-state index in [1.165, 1.54) is 6.33 Å². The number of aromatic amines is 1. The minimum Gasteiger partial charge on any atom is -0.492 e. The van der Waals surface area contributed by atoms with Crippen molar-refractivity contribution in [3.63, 3.8) is 0 Å². The summed E-state index contributed by atoms with van der Waals surface area (Å²) in [5.74, 6) is 1.09. The molecule has 1 aliphatic heterocycles. The number of carbonyl (C=O) groups is 1. The predicted molar refractivity (Wildman–Crippen MR) is 104 cm³/mol. The number of nitrogens with one attached hydrogen (secondary N) is 1. The van der Waals surface area contributed by atoms with Gasteiger partial charge in [0.2, 0.25) is 5.71 Å². The number of carbonyl (C=O) groups excluding carboxylic acids is 1. The van der Waals surface area contributed by atoms with Crippen LogP contribution in [-0.4, -0.2) is 65.0 Å². The number of H-pyrrole nitrogens is 1. The number of rotatable bonds is 5. The van der Waals surface area contributed by atoms with E-state index in [1.807, 2.05) is 30.3 Å². The third-order valence-corrected chi connectivity index (χ3v) is 4.96. The lowest BCUT2D eigenvalue weighted by Gasteiger charge is -2.34.